The molecular formula is C20H22F3NO3. The van der Waals surface area contributed by atoms with Crippen LogP contribution in [-0.4, -0.2) is 17.7 Å². The molecule has 0 fully saturated rings. The van der Waals surface area contributed by atoms with Gasteiger partial charge in [-0.05, 0) is 48.2 Å². The Balaban J connectivity index is 2.27. The molecule has 1 atom stereocenters. The van der Waals surface area contributed by atoms with Gasteiger partial charge in [-0.3, -0.25) is 0 Å². The third-order valence-corrected chi connectivity index (χ3v) is 4.24. The van der Waals surface area contributed by atoms with Crippen molar-refractivity contribution in [2.24, 2.45) is 0 Å². The Morgan fingerprint density at radius 2 is 1.67 bits per heavy atom. The summed E-state index contributed by atoms with van der Waals surface area (Å²) in [4.78, 5) is 11.6. The van der Waals surface area contributed by atoms with Crippen molar-refractivity contribution in [1.29, 1.82) is 0 Å². The van der Waals surface area contributed by atoms with E-state index in [-0.39, 0.29) is 17.7 Å². The van der Waals surface area contributed by atoms with E-state index in [1.165, 1.54) is 36.4 Å². The Morgan fingerprint density at radius 3 is 2.22 bits per heavy atom. The number of rotatable bonds is 6. The number of amides is 1. The van der Waals surface area contributed by atoms with Gasteiger partial charge in [0.1, 0.15) is 11.4 Å². The quantitative estimate of drug-likeness (QED) is 0.752. The van der Waals surface area contributed by atoms with Crippen LogP contribution in [0.2, 0.25) is 0 Å². The molecule has 0 bridgehead atoms. The number of carbonyl (C=O) groups is 1. The lowest BCUT2D eigenvalue weighted by atomic mass is 9.83. The summed E-state index contributed by atoms with van der Waals surface area (Å²) >= 11 is 0. The molecule has 7 heteroatoms. The molecule has 146 valence electrons. The van der Waals surface area contributed by atoms with Crippen molar-refractivity contribution >= 4 is 6.09 Å². The number of halogens is 3. The summed E-state index contributed by atoms with van der Waals surface area (Å²) in [5.41, 5.74) is -1.86. The first-order chi connectivity index (χ1) is 12.7. The largest absolute Gasteiger partial charge is 0.416 e. The molecule has 0 aliphatic carbocycles. The fourth-order valence-electron chi connectivity index (χ4n) is 2.70. The smallest absolute Gasteiger partial charge is 0.410 e. The highest BCUT2D eigenvalue weighted by atomic mass is 19.4. The van der Waals surface area contributed by atoms with Crippen molar-refractivity contribution in [2.75, 3.05) is 6.54 Å². The van der Waals surface area contributed by atoms with E-state index >= 15 is 0 Å². The van der Waals surface area contributed by atoms with Crippen molar-refractivity contribution in [1.82, 2.24) is 5.32 Å². The number of aliphatic hydroxyl groups is 1. The Kier molecular flexibility index (Phi) is 6.49. The maximum atomic E-state index is 13.0. The fraction of sp³-hybridized carbons (Fsp3) is 0.350. The minimum Gasteiger partial charge on any atom is -0.410 e. The van der Waals surface area contributed by atoms with Gasteiger partial charge in [0.25, 0.3) is 0 Å². The number of ether oxygens (including phenoxy) is 1. The van der Waals surface area contributed by atoms with Crippen LogP contribution in [0.4, 0.5) is 18.0 Å². The highest BCUT2D eigenvalue weighted by Crippen LogP contribution is 2.37. The maximum absolute atomic E-state index is 13.0. The first-order valence-corrected chi connectivity index (χ1v) is 8.67. The third kappa shape index (κ3) is 5.01. The molecule has 0 saturated carbocycles. The SMILES string of the molecule is CCCNC(=O)Oc1ccc(C(O)(CC)c2cccc(C(F)(F)F)c2)cc1. The van der Waals surface area contributed by atoms with Gasteiger partial charge < -0.3 is 15.2 Å². The van der Waals surface area contributed by atoms with Gasteiger partial charge in [-0.1, -0.05) is 38.1 Å². The van der Waals surface area contributed by atoms with E-state index in [0.29, 0.717) is 12.1 Å². The Morgan fingerprint density at radius 1 is 1.04 bits per heavy atom. The number of hydrogen-bond donors (Lipinski definition) is 2. The van der Waals surface area contributed by atoms with E-state index in [1.807, 2.05) is 6.92 Å². The maximum Gasteiger partial charge on any atom is 0.416 e. The van der Waals surface area contributed by atoms with Gasteiger partial charge in [0.05, 0.1) is 5.56 Å². The lowest BCUT2D eigenvalue weighted by Gasteiger charge is -2.29. The Hall–Kier alpha value is -2.54. The van der Waals surface area contributed by atoms with Gasteiger partial charge >= 0.3 is 12.3 Å². The second-order valence-corrected chi connectivity index (χ2v) is 6.13. The predicted octanol–water partition coefficient (Wildman–Crippen LogP) is 4.85. The van der Waals surface area contributed by atoms with E-state index in [2.05, 4.69) is 5.32 Å². The normalized spacial score (nSPS) is 13.7. The molecule has 0 aliphatic heterocycles. The van der Waals surface area contributed by atoms with Crippen LogP contribution in [0.3, 0.4) is 0 Å². The van der Waals surface area contributed by atoms with Gasteiger partial charge in [-0.2, -0.15) is 13.2 Å². The lowest BCUT2D eigenvalue weighted by molar-refractivity contribution is -0.137. The molecule has 0 aliphatic rings. The van der Waals surface area contributed by atoms with E-state index in [4.69, 9.17) is 4.74 Å². The number of carbonyl (C=O) groups excluding carboxylic acids is 1. The van der Waals surface area contributed by atoms with Crippen LogP contribution in [0.25, 0.3) is 0 Å². The highest BCUT2D eigenvalue weighted by molar-refractivity contribution is 5.70. The molecule has 0 saturated heterocycles. The highest BCUT2D eigenvalue weighted by Gasteiger charge is 2.34. The van der Waals surface area contributed by atoms with Gasteiger partial charge in [0.15, 0.2) is 0 Å². The molecule has 0 spiro atoms. The summed E-state index contributed by atoms with van der Waals surface area (Å²) in [6.45, 7) is 4.08. The van der Waals surface area contributed by atoms with Crippen LogP contribution < -0.4 is 10.1 Å². The van der Waals surface area contributed by atoms with Crippen LogP contribution >= 0.6 is 0 Å². The zero-order valence-electron chi connectivity index (χ0n) is 15.1. The number of benzene rings is 2. The first-order valence-electron chi connectivity index (χ1n) is 8.67. The van der Waals surface area contributed by atoms with Crippen LogP contribution in [0.1, 0.15) is 43.4 Å². The molecule has 2 aromatic rings. The van der Waals surface area contributed by atoms with E-state index in [1.54, 1.807) is 6.92 Å². The van der Waals surface area contributed by atoms with Gasteiger partial charge in [-0.25, -0.2) is 4.79 Å². The molecule has 27 heavy (non-hydrogen) atoms. The molecular weight excluding hydrogens is 359 g/mol. The third-order valence-electron chi connectivity index (χ3n) is 4.24. The molecule has 1 amide bonds. The van der Waals surface area contributed by atoms with Gasteiger partial charge in [0.2, 0.25) is 0 Å². The van der Waals surface area contributed by atoms with Crippen molar-refractivity contribution in [3.63, 3.8) is 0 Å². The molecule has 2 rings (SSSR count). The average Bonchev–Trinajstić information content (AvgIpc) is 2.65. The second-order valence-electron chi connectivity index (χ2n) is 6.13. The van der Waals surface area contributed by atoms with E-state index < -0.39 is 23.4 Å². The first kappa shape index (κ1) is 20.8. The summed E-state index contributed by atoms with van der Waals surface area (Å²) in [5, 5.41) is 13.6. The number of nitrogens with one attached hydrogen (secondary N) is 1. The molecule has 4 nitrogen and oxygen atoms in total. The van der Waals surface area contributed by atoms with E-state index in [9.17, 15) is 23.1 Å². The Labute approximate surface area is 156 Å². The van der Waals surface area contributed by atoms with Crippen molar-refractivity contribution < 1.29 is 27.8 Å². The van der Waals surface area contributed by atoms with Gasteiger partial charge in [-0.15, -0.1) is 0 Å². The summed E-state index contributed by atoms with van der Waals surface area (Å²) in [6, 6.07) is 10.7. The minimum atomic E-state index is -4.49. The molecule has 2 N–H and O–H groups in total. The standard InChI is InChI=1S/C20H22F3NO3/c1-3-12-24-18(25)27-17-10-8-14(9-11-17)19(26,4-2)15-6-5-7-16(13-15)20(21,22)23/h5-11,13,26H,3-4,12H2,1-2H3,(H,24,25). The van der Waals surface area contributed by atoms with E-state index in [0.717, 1.165) is 18.6 Å². The predicted molar refractivity (Wildman–Crippen MR) is 95.5 cm³/mol. The average molecular weight is 381 g/mol. The second kappa shape index (κ2) is 8.43. The Bertz CT molecular complexity index is 775. The van der Waals surface area contributed by atoms with Crippen molar-refractivity contribution in [3.8, 4) is 5.75 Å². The monoisotopic (exact) mass is 381 g/mol. The molecule has 1 unspecified atom stereocenters. The lowest BCUT2D eigenvalue weighted by Crippen LogP contribution is -2.28. The minimum absolute atomic E-state index is 0.147. The zero-order valence-corrected chi connectivity index (χ0v) is 15.1. The molecule has 0 aromatic heterocycles. The van der Waals surface area contributed by atoms with Crippen molar-refractivity contribution in [2.45, 2.75) is 38.5 Å². The van der Waals surface area contributed by atoms with Crippen LogP contribution in [0, 0.1) is 0 Å². The number of alkyl halides is 3. The zero-order chi connectivity index (χ0) is 20.1. The van der Waals surface area contributed by atoms with Crippen molar-refractivity contribution in [3.05, 3.63) is 65.2 Å². The topological polar surface area (TPSA) is 58.6 Å². The molecule has 0 radical (unpaired) electrons. The van der Waals surface area contributed by atoms with Crippen LogP contribution in [-0.2, 0) is 11.8 Å². The van der Waals surface area contributed by atoms with Gasteiger partial charge in [0, 0.05) is 6.54 Å². The van der Waals surface area contributed by atoms with Crippen LogP contribution in [0.15, 0.2) is 48.5 Å². The number of hydrogen-bond acceptors (Lipinski definition) is 3. The summed E-state index contributed by atoms with van der Waals surface area (Å²) in [6.07, 6.45) is -4.14. The van der Waals surface area contributed by atoms with Crippen LogP contribution in [0.5, 0.6) is 5.75 Å². The summed E-state index contributed by atoms with van der Waals surface area (Å²) < 4.78 is 44.1. The fourth-order valence-corrected chi connectivity index (χ4v) is 2.70. The summed E-state index contributed by atoms with van der Waals surface area (Å²) in [7, 11) is 0. The molecule has 2 aromatic carbocycles. The summed E-state index contributed by atoms with van der Waals surface area (Å²) in [5.74, 6) is 0.273. The molecule has 0 heterocycles.